The molecule has 0 aliphatic carbocycles. The van der Waals surface area contributed by atoms with Crippen LogP contribution >= 0.6 is 0 Å². The van der Waals surface area contributed by atoms with Crippen molar-refractivity contribution in [1.29, 1.82) is 0 Å². The summed E-state index contributed by atoms with van der Waals surface area (Å²) >= 11 is 0. The lowest BCUT2D eigenvalue weighted by Gasteiger charge is -2.53. The molecule has 3 rings (SSSR count). The Labute approximate surface area is 113 Å². The third-order valence-electron chi connectivity index (χ3n) is 4.12. The summed E-state index contributed by atoms with van der Waals surface area (Å²) in [7, 11) is 1.78. The highest BCUT2D eigenvalue weighted by Crippen LogP contribution is 2.35. The lowest BCUT2D eigenvalue weighted by Crippen LogP contribution is -2.65. The molecule has 4 heteroatoms. The summed E-state index contributed by atoms with van der Waals surface area (Å²) in [6.07, 6.45) is 2.32. The highest BCUT2D eigenvalue weighted by atomic mass is 19.1. The highest BCUT2D eigenvalue weighted by Gasteiger charge is 2.47. The van der Waals surface area contributed by atoms with Crippen LogP contribution in [0.25, 0.3) is 0 Å². The Hall–Kier alpha value is -0.970. The molecule has 0 radical (unpaired) electrons. The van der Waals surface area contributed by atoms with Crippen LogP contribution in [0.2, 0.25) is 0 Å². The maximum absolute atomic E-state index is 12.8. The van der Waals surface area contributed by atoms with Gasteiger partial charge in [0.05, 0.1) is 11.7 Å². The van der Waals surface area contributed by atoms with E-state index in [4.69, 9.17) is 9.47 Å². The van der Waals surface area contributed by atoms with E-state index in [9.17, 15) is 4.39 Å². The minimum absolute atomic E-state index is 0.00103. The largest absolute Gasteiger partial charge is 0.381 e. The van der Waals surface area contributed by atoms with E-state index in [1.54, 1.807) is 7.11 Å². The van der Waals surface area contributed by atoms with Crippen LogP contribution in [0.5, 0.6) is 0 Å². The molecule has 0 N–H and O–H groups in total. The minimum Gasteiger partial charge on any atom is -0.381 e. The molecule has 0 aromatic heterocycles. The maximum Gasteiger partial charge on any atom is 0.123 e. The molecule has 2 saturated heterocycles. The predicted octanol–water partition coefficient (Wildman–Crippen LogP) is 2.21. The Morgan fingerprint density at radius 3 is 2.79 bits per heavy atom. The summed E-state index contributed by atoms with van der Waals surface area (Å²) in [5.74, 6) is -0.178. The van der Waals surface area contributed by atoms with Crippen molar-refractivity contribution in [2.45, 2.75) is 31.1 Å². The highest BCUT2D eigenvalue weighted by molar-refractivity contribution is 5.17. The summed E-state index contributed by atoms with van der Waals surface area (Å²) in [5, 5.41) is 0. The fraction of sp³-hybridized carbons (Fsp3) is 0.600. The second-order valence-corrected chi connectivity index (χ2v) is 5.65. The van der Waals surface area contributed by atoms with Crippen molar-refractivity contribution in [2.24, 2.45) is 0 Å². The zero-order chi connectivity index (χ0) is 13.3. The number of methoxy groups -OCH3 is 1. The number of ether oxygens (including phenoxy) is 2. The quantitative estimate of drug-likeness (QED) is 0.836. The number of halogens is 1. The molecule has 104 valence electrons. The van der Waals surface area contributed by atoms with Gasteiger partial charge in [-0.05, 0) is 24.1 Å². The summed E-state index contributed by atoms with van der Waals surface area (Å²) in [5.41, 5.74) is 1.15. The standard InChI is InChI=1S/C15H20FNO2/c1-18-14-6-7-19-15(8-14)10-17(11-15)9-12-2-4-13(16)5-3-12/h2-5,14H,6-11H2,1H3/t14-/m0/s1. The number of nitrogens with zero attached hydrogens (tertiary/aromatic N) is 1. The fourth-order valence-electron chi connectivity index (χ4n) is 3.13. The van der Waals surface area contributed by atoms with Crippen molar-refractivity contribution in [3.63, 3.8) is 0 Å². The zero-order valence-corrected chi connectivity index (χ0v) is 11.3. The van der Waals surface area contributed by atoms with Crippen molar-refractivity contribution in [1.82, 2.24) is 4.90 Å². The van der Waals surface area contributed by atoms with Crippen LogP contribution in [-0.4, -0.2) is 43.4 Å². The molecule has 0 amide bonds. The molecule has 1 aromatic carbocycles. The first-order valence-corrected chi connectivity index (χ1v) is 6.83. The van der Waals surface area contributed by atoms with Gasteiger partial charge in [0.25, 0.3) is 0 Å². The van der Waals surface area contributed by atoms with Crippen LogP contribution in [0.1, 0.15) is 18.4 Å². The molecule has 1 aromatic rings. The summed E-state index contributed by atoms with van der Waals surface area (Å²) in [6, 6.07) is 6.73. The molecule has 2 aliphatic heterocycles. The summed E-state index contributed by atoms with van der Waals surface area (Å²) in [6.45, 7) is 3.56. The van der Waals surface area contributed by atoms with Crippen LogP contribution in [0.4, 0.5) is 4.39 Å². The van der Waals surface area contributed by atoms with E-state index in [1.807, 2.05) is 12.1 Å². The molecule has 0 saturated carbocycles. The molecular weight excluding hydrogens is 245 g/mol. The first-order chi connectivity index (χ1) is 9.19. The Balaban J connectivity index is 1.53. The van der Waals surface area contributed by atoms with Gasteiger partial charge < -0.3 is 9.47 Å². The minimum atomic E-state index is -0.178. The topological polar surface area (TPSA) is 21.7 Å². The number of hydrogen-bond acceptors (Lipinski definition) is 3. The van der Waals surface area contributed by atoms with Gasteiger partial charge >= 0.3 is 0 Å². The van der Waals surface area contributed by atoms with Gasteiger partial charge in [-0.3, -0.25) is 4.90 Å². The van der Waals surface area contributed by atoms with Gasteiger partial charge in [-0.2, -0.15) is 0 Å². The van der Waals surface area contributed by atoms with Gasteiger partial charge in [-0.15, -0.1) is 0 Å². The van der Waals surface area contributed by atoms with E-state index in [2.05, 4.69) is 4.90 Å². The van der Waals surface area contributed by atoms with Crippen LogP contribution in [0.15, 0.2) is 24.3 Å². The average Bonchev–Trinajstić information content (AvgIpc) is 2.40. The zero-order valence-electron chi connectivity index (χ0n) is 11.3. The molecule has 1 spiro atoms. The predicted molar refractivity (Wildman–Crippen MR) is 70.4 cm³/mol. The molecule has 3 nitrogen and oxygen atoms in total. The molecule has 2 aliphatic rings. The van der Waals surface area contributed by atoms with Crippen LogP contribution in [-0.2, 0) is 16.0 Å². The van der Waals surface area contributed by atoms with Gasteiger partial charge in [0.15, 0.2) is 0 Å². The van der Waals surface area contributed by atoms with Crippen LogP contribution in [0.3, 0.4) is 0 Å². The van der Waals surface area contributed by atoms with Gasteiger partial charge in [-0.25, -0.2) is 4.39 Å². The number of rotatable bonds is 3. The lowest BCUT2D eigenvalue weighted by atomic mass is 9.84. The van der Waals surface area contributed by atoms with Gasteiger partial charge in [0.2, 0.25) is 0 Å². The second kappa shape index (κ2) is 5.19. The van der Waals surface area contributed by atoms with E-state index >= 15 is 0 Å². The Kier molecular flexibility index (Phi) is 3.56. The van der Waals surface area contributed by atoms with Crippen LogP contribution < -0.4 is 0 Å². The van der Waals surface area contributed by atoms with Gasteiger partial charge in [0.1, 0.15) is 5.82 Å². The van der Waals surface area contributed by atoms with Crippen molar-refractivity contribution in [2.75, 3.05) is 26.8 Å². The molecule has 0 bridgehead atoms. The van der Waals surface area contributed by atoms with Crippen LogP contribution in [0, 0.1) is 5.82 Å². The monoisotopic (exact) mass is 265 g/mol. The molecule has 19 heavy (non-hydrogen) atoms. The lowest BCUT2D eigenvalue weighted by molar-refractivity contribution is -0.195. The van der Waals surface area contributed by atoms with E-state index in [0.717, 1.165) is 44.6 Å². The van der Waals surface area contributed by atoms with Crippen molar-refractivity contribution in [3.8, 4) is 0 Å². The normalized spacial score (nSPS) is 26.3. The smallest absolute Gasteiger partial charge is 0.123 e. The van der Waals surface area contributed by atoms with Crippen molar-refractivity contribution in [3.05, 3.63) is 35.6 Å². The van der Waals surface area contributed by atoms with Gasteiger partial charge in [-0.1, -0.05) is 12.1 Å². The Morgan fingerprint density at radius 2 is 2.11 bits per heavy atom. The fourth-order valence-corrected chi connectivity index (χ4v) is 3.13. The van der Waals surface area contributed by atoms with E-state index in [-0.39, 0.29) is 11.4 Å². The third-order valence-corrected chi connectivity index (χ3v) is 4.12. The number of likely N-dealkylation sites (tertiary alicyclic amines) is 1. The summed E-state index contributed by atoms with van der Waals surface area (Å²) in [4.78, 5) is 2.34. The first-order valence-electron chi connectivity index (χ1n) is 6.83. The van der Waals surface area contributed by atoms with Crippen molar-refractivity contribution < 1.29 is 13.9 Å². The van der Waals surface area contributed by atoms with E-state index in [0.29, 0.717) is 6.10 Å². The molecule has 2 heterocycles. The van der Waals surface area contributed by atoms with E-state index < -0.39 is 0 Å². The SMILES string of the molecule is CO[C@H]1CCOC2(C1)CN(Cc1ccc(F)cc1)C2. The third kappa shape index (κ3) is 2.81. The summed E-state index contributed by atoms with van der Waals surface area (Å²) < 4.78 is 24.2. The molecular formula is C15H20FNO2. The second-order valence-electron chi connectivity index (χ2n) is 5.65. The average molecular weight is 265 g/mol. The number of hydrogen-bond donors (Lipinski definition) is 0. The Morgan fingerprint density at radius 1 is 1.37 bits per heavy atom. The van der Waals surface area contributed by atoms with Crippen molar-refractivity contribution >= 4 is 0 Å². The molecule has 2 fully saturated rings. The number of benzene rings is 1. The van der Waals surface area contributed by atoms with Gasteiger partial charge in [0, 0.05) is 39.8 Å². The first kappa shape index (κ1) is 13.0. The van der Waals surface area contributed by atoms with E-state index in [1.165, 1.54) is 12.1 Å². The maximum atomic E-state index is 12.8. The molecule has 1 atom stereocenters. The molecule has 0 unspecified atom stereocenters. The Bertz CT molecular complexity index is 428.